The number of pyridine rings is 1. The number of nitrogens with zero attached hydrogens (tertiary/aromatic N) is 1. The van der Waals surface area contributed by atoms with Gasteiger partial charge in [-0.15, -0.1) is 24.8 Å². The summed E-state index contributed by atoms with van der Waals surface area (Å²) in [6, 6.07) is 0. The van der Waals surface area contributed by atoms with Crippen molar-refractivity contribution in [3.63, 3.8) is 0 Å². The number of hydrogen-bond donors (Lipinski definition) is 1. The molecule has 0 aliphatic carbocycles. The number of hydrogen-bond acceptors (Lipinski definition) is 3. The summed E-state index contributed by atoms with van der Waals surface area (Å²) in [5, 5.41) is 8.52. The largest absolute Gasteiger partial charge is 0.573 e. The van der Waals surface area contributed by atoms with Gasteiger partial charge in [0.15, 0.2) is 5.75 Å². The first kappa shape index (κ1) is 17.3. The number of carboxylic acid groups (broad SMARTS) is 1. The molecule has 0 saturated heterocycles. The zero-order valence-electron chi connectivity index (χ0n) is 9.85. The van der Waals surface area contributed by atoms with Crippen LogP contribution in [0.25, 0.3) is 0 Å². The number of alkyl halides is 7. The van der Waals surface area contributed by atoms with E-state index in [0.717, 1.165) is 0 Å². The third-order valence-corrected chi connectivity index (χ3v) is 2.45. The van der Waals surface area contributed by atoms with E-state index in [2.05, 4.69) is 9.72 Å². The van der Waals surface area contributed by atoms with Gasteiger partial charge in [0.25, 0.3) is 0 Å². The quantitative estimate of drug-likeness (QED) is 0.676. The van der Waals surface area contributed by atoms with Gasteiger partial charge in [0, 0.05) is 5.56 Å². The molecule has 0 aliphatic heterocycles. The fourth-order valence-electron chi connectivity index (χ4n) is 1.53. The van der Waals surface area contributed by atoms with Gasteiger partial charge in [0.1, 0.15) is 0 Å². The van der Waals surface area contributed by atoms with Crippen LogP contribution in [0.1, 0.15) is 16.8 Å². The second-order valence-electron chi connectivity index (χ2n) is 3.67. The second kappa shape index (κ2) is 5.96. The third-order valence-electron chi connectivity index (χ3n) is 2.19. The lowest BCUT2D eigenvalue weighted by molar-refractivity contribution is -0.275. The van der Waals surface area contributed by atoms with Crippen LogP contribution in [-0.4, -0.2) is 22.4 Å². The van der Waals surface area contributed by atoms with Crippen LogP contribution in [0.15, 0.2) is 6.20 Å². The Morgan fingerprint density at radius 2 is 1.86 bits per heavy atom. The lowest BCUT2D eigenvalue weighted by atomic mass is 10.0. The molecule has 1 aromatic rings. The molecule has 0 saturated carbocycles. The molecule has 0 spiro atoms. The highest BCUT2D eigenvalue weighted by atomic mass is 35.5. The van der Waals surface area contributed by atoms with Crippen LogP contribution >= 0.6 is 11.6 Å². The first-order valence-electron chi connectivity index (χ1n) is 5.07. The zero-order valence-corrected chi connectivity index (χ0v) is 10.6. The summed E-state index contributed by atoms with van der Waals surface area (Å²) in [6.45, 7) is 0. The second-order valence-corrected chi connectivity index (χ2v) is 3.94. The van der Waals surface area contributed by atoms with E-state index in [-0.39, 0.29) is 0 Å². The Morgan fingerprint density at radius 3 is 2.24 bits per heavy atom. The Bertz CT molecular complexity index is 543. The van der Waals surface area contributed by atoms with Crippen LogP contribution in [0.5, 0.6) is 5.75 Å². The first-order valence-corrected chi connectivity index (χ1v) is 5.60. The van der Waals surface area contributed by atoms with Crippen molar-refractivity contribution in [2.24, 2.45) is 0 Å². The minimum absolute atomic E-state index is 0.360. The summed E-state index contributed by atoms with van der Waals surface area (Å²) in [5.41, 5.74) is -3.60. The van der Waals surface area contributed by atoms with E-state index in [1.165, 1.54) is 0 Å². The summed E-state index contributed by atoms with van der Waals surface area (Å²) in [5.74, 6) is -3.81. The Balaban J connectivity index is 3.50. The maximum absolute atomic E-state index is 12.9. The summed E-state index contributed by atoms with van der Waals surface area (Å²) >= 11 is 5.26. The van der Waals surface area contributed by atoms with E-state index in [0.29, 0.717) is 6.20 Å². The van der Waals surface area contributed by atoms with Crippen molar-refractivity contribution < 1.29 is 41.0 Å². The highest BCUT2D eigenvalue weighted by Crippen LogP contribution is 2.40. The summed E-state index contributed by atoms with van der Waals surface area (Å²) in [6.07, 6.45) is -11.1. The predicted octanol–water partition coefficient (Wildman–Crippen LogP) is 3.36. The molecule has 21 heavy (non-hydrogen) atoms. The van der Waals surface area contributed by atoms with Crippen molar-refractivity contribution in [1.82, 2.24) is 4.98 Å². The highest BCUT2D eigenvalue weighted by Gasteiger charge is 2.40. The van der Waals surface area contributed by atoms with E-state index < -0.39 is 53.4 Å². The molecule has 11 heteroatoms. The van der Waals surface area contributed by atoms with Crippen molar-refractivity contribution in [3.05, 3.63) is 23.0 Å². The first-order chi connectivity index (χ1) is 9.45. The van der Waals surface area contributed by atoms with Crippen LogP contribution in [0.3, 0.4) is 0 Å². The molecule has 0 atom stereocenters. The molecular weight excluding hydrogens is 332 g/mol. The SMILES string of the molecule is O=C(O)Cc1ncc(OC(F)(F)F)c(CCl)c1C(F)(F)F. The van der Waals surface area contributed by atoms with Gasteiger partial charge in [0.2, 0.25) is 0 Å². The van der Waals surface area contributed by atoms with E-state index in [9.17, 15) is 31.1 Å². The van der Waals surface area contributed by atoms with Crippen molar-refractivity contribution in [1.29, 1.82) is 0 Å². The van der Waals surface area contributed by atoms with E-state index in [4.69, 9.17) is 16.7 Å². The summed E-state index contributed by atoms with van der Waals surface area (Å²) in [7, 11) is 0. The van der Waals surface area contributed by atoms with Gasteiger partial charge >= 0.3 is 18.5 Å². The fraction of sp³-hybridized carbons (Fsp3) is 0.400. The van der Waals surface area contributed by atoms with Gasteiger partial charge in [-0.05, 0) is 0 Å². The lowest BCUT2D eigenvalue weighted by Gasteiger charge is -2.19. The molecule has 4 nitrogen and oxygen atoms in total. The molecule has 118 valence electrons. The molecule has 0 amide bonds. The van der Waals surface area contributed by atoms with Gasteiger partial charge in [-0.25, -0.2) is 0 Å². The molecule has 1 rings (SSSR count). The number of carboxylic acids is 1. The minimum atomic E-state index is -5.24. The minimum Gasteiger partial charge on any atom is -0.481 e. The van der Waals surface area contributed by atoms with Crippen molar-refractivity contribution in [2.45, 2.75) is 24.8 Å². The zero-order chi connectivity index (χ0) is 16.4. The number of rotatable bonds is 4. The Labute approximate surface area is 118 Å². The van der Waals surface area contributed by atoms with E-state index >= 15 is 0 Å². The number of aliphatic carboxylic acids is 1. The monoisotopic (exact) mass is 337 g/mol. The lowest BCUT2D eigenvalue weighted by Crippen LogP contribution is -2.22. The standard InChI is InChI=1S/C10H6ClF6NO3/c11-2-4-6(21-10(15,16)17)3-18-5(1-7(19)20)8(4)9(12,13)14/h3H,1-2H2,(H,19,20). The van der Waals surface area contributed by atoms with Gasteiger partial charge in [-0.3, -0.25) is 9.78 Å². The third kappa shape index (κ3) is 4.66. The molecule has 0 bridgehead atoms. The number of aromatic nitrogens is 1. The molecule has 0 fully saturated rings. The maximum atomic E-state index is 12.9. The smallest absolute Gasteiger partial charge is 0.481 e. The molecule has 1 heterocycles. The van der Waals surface area contributed by atoms with Crippen molar-refractivity contribution in [2.75, 3.05) is 0 Å². The van der Waals surface area contributed by atoms with E-state index in [1.54, 1.807) is 0 Å². The molecule has 0 aromatic carbocycles. The van der Waals surface area contributed by atoms with Crippen LogP contribution in [-0.2, 0) is 23.3 Å². The summed E-state index contributed by atoms with van der Waals surface area (Å²) < 4.78 is 78.6. The average Bonchev–Trinajstić information content (AvgIpc) is 2.26. The number of halogens is 7. The summed E-state index contributed by atoms with van der Waals surface area (Å²) in [4.78, 5) is 13.6. The Kier molecular flexibility index (Phi) is 4.92. The topological polar surface area (TPSA) is 59.4 Å². The predicted molar refractivity (Wildman–Crippen MR) is 56.8 cm³/mol. The molecule has 0 aliphatic rings. The Morgan fingerprint density at radius 1 is 1.29 bits per heavy atom. The maximum Gasteiger partial charge on any atom is 0.573 e. The Hall–Kier alpha value is -1.71. The number of carbonyl (C=O) groups is 1. The van der Waals surface area contributed by atoms with Crippen LogP contribution in [0.2, 0.25) is 0 Å². The van der Waals surface area contributed by atoms with Gasteiger partial charge < -0.3 is 9.84 Å². The van der Waals surface area contributed by atoms with Crippen LogP contribution < -0.4 is 4.74 Å². The highest BCUT2D eigenvalue weighted by molar-refractivity contribution is 6.17. The fourth-order valence-corrected chi connectivity index (χ4v) is 1.80. The van der Waals surface area contributed by atoms with Crippen molar-refractivity contribution >= 4 is 17.6 Å². The van der Waals surface area contributed by atoms with Gasteiger partial charge in [-0.2, -0.15) is 13.2 Å². The van der Waals surface area contributed by atoms with Gasteiger partial charge in [-0.1, -0.05) is 0 Å². The molecule has 0 unspecified atom stereocenters. The van der Waals surface area contributed by atoms with E-state index in [1.807, 2.05) is 0 Å². The van der Waals surface area contributed by atoms with Gasteiger partial charge in [0.05, 0.1) is 29.8 Å². The average molecular weight is 338 g/mol. The molecule has 1 aromatic heterocycles. The molecular formula is C10H6ClF6NO3. The van der Waals surface area contributed by atoms with Crippen molar-refractivity contribution in [3.8, 4) is 5.75 Å². The number of ether oxygens (including phenoxy) is 1. The van der Waals surface area contributed by atoms with Crippen LogP contribution in [0, 0.1) is 0 Å². The molecule has 1 N–H and O–H groups in total. The normalized spacial score (nSPS) is 12.3. The van der Waals surface area contributed by atoms with Crippen LogP contribution in [0.4, 0.5) is 26.3 Å². The molecule has 0 radical (unpaired) electrons.